The summed E-state index contributed by atoms with van der Waals surface area (Å²) in [7, 11) is 0. The first-order valence-corrected chi connectivity index (χ1v) is 6.50. The van der Waals surface area contributed by atoms with Gasteiger partial charge in [0.2, 0.25) is 0 Å². The van der Waals surface area contributed by atoms with Crippen molar-refractivity contribution in [3.05, 3.63) is 33.3 Å². The highest BCUT2D eigenvalue weighted by atomic mass is 79.9. The van der Waals surface area contributed by atoms with Crippen LogP contribution in [0.2, 0.25) is 5.02 Å². The molecule has 2 nitrogen and oxygen atoms in total. The van der Waals surface area contributed by atoms with E-state index < -0.39 is 0 Å². The first kappa shape index (κ1) is 14.0. The highest BCUT2D eigenvalue weighted by Gasteiger charge is 2.10. The number of hydrogen-bond donors (Lipinski definition) is 1. The fraction of sp³-hybridized carbons (Fsp3) is 0.500. The summed E-state index contributed by atoms with van der Waals surface area (Å²) in [6.07, 6.45) is 0. The van der Waals surface area contributed by atoms with E-state index in [1.54, 1.807) is 0 Å². The number of aliphatic hydroxyl groups is 1. The lowest BCUT2D eigenvalue weighted by molar-refractivity contribution is 0.159. The molecule has 0 saturated heterocycles. The Balaban J connectivity index is 2.73. The fourth-order valence-electron chi connectivity index (χ4n) is 1.52. The minimum atomic E-state index is 0.187. The molecule has 0 unspecified atom stereocenters. The molecule has 1 aromatic rings. The molecule has 0 atom stereocenters. The molecule has 1 N–H and O–H groups in total. The van der Waals surface area contributed by atoms with Gasteiger partial charge in [-0.15, -0.1) is 0 Å². The first-order chi connectivity index (χ1) is 7.54. The zero-order valence-corrected chi connectivity index (χ0v) is 11.9. The molecule has 0 amide bonds. The number of hydrogen-bond acceptors (Lipinski definition) is 2. The minimum absolute atomic E-state index is 0.187. The lowest BCUT2D eigenvalue weighted by Crippen LogP contribution is -2.32. The Hall–Kier alpha value is -0.0900. The number of aliphatic hydroxyl groups excluding tert-OH is 1. The van der Waals surface area contributed by atoms with Crippen LogP contribution in [0.5, 0.6) is 0 Å². The molecule has 0 saturated carbocycles. The molecule has 0 spiro atoms. The first-order valence-electron chi connectivity index (χ1n) is 5.33. The van der Waals surface area contributed by atoms with E-state index in [9.17, 15) is 0 Å². The van der Waals surface area contributed by atoms with Gasteiger partial charge in [-0.3, -0.25) is 4.90 Å². The Kier molecular flexibility index (Phi) is 5.76. The van der Waals surface area contributed by atoms with E-state index >= 15 is 0 Å². The van der Waals surface area contributed by atoms with Gasteiger partial charge in [0.05, 0.1) is 11.6 Å². The molecule has 0 aliphatic heterocycles. The van der Waals surface area contributed by atoms with Crippen LogP contribution >= 0.6 is 27.5 Å². The van der Waals surface area contributed by atoms with Crippen LogP contribution in [0.15, 0.2) is 22.7 Å². The van der Waals surface area contributed by atoms with Crippen molar-refractivity contribution >= 4 is 27.5 Å². The van der Waals surface area contributed by atoms with E-state index in [0.717, 1.165) is 16.0 Å². The van der Waals surface area contributed by atoms with Crippen LogP contribution < -0.4 is 0 Å². The normalized spacial score (nSPS) is 11.4. The Bertz CT molecular complexity index is 344. The van der Waals surface area contributed by atoms with E-state index in [-0.39, 0.29) is 6.61 Å². The second kappa shape index (κ2) is 6.60. The molecular formula is C12H17BrClNO. The molecule has 16 heavy (non-hydrogen) atoms. The molecule has 0 bridgehead atoms. The molecule has 1 aromatic carbocycles. The van der Waals surface area contributed by atoms with E-state index in [2.05, 4.69) is 34.7 Å². The summed E-state index contributed by atoms with van der Waals surface area (Å²) in [4.78, 5) is 2.22. The van der Waals surface area contributed by atoms with Gasteiger partial charge in [0.25, 0.3) is 0 Å². The van der Waals surface area contributed by atoms with Crippen molar-refractivity contribution in [2.24, 2.45) is 0 Å². The maximum absolute atomic E-state index is 8.99. The predicted octanol–water partition coefficient (Wildman–Crippen LogP) is 3.31. The van der Waals surface area contributed by atoms with E-state index in [4.69, 9.17) is 16.7 Å². The van der Waals surface area contributed by atoms with Crippen LogP contribution in [-0.2, 0) is 6.54 Å². The number of nitrogens with zero attached hydrogens (tertiary/aromatic N) is 1. The van der Waals surface area contributed by atoms with Crippen molar-refractivity contribution in [3.8, 4) is 0 Å². The molecule has 4 heteroatoms. The van der Waals surface area contributed by atoms with Crippen molar-refractivity contribution in [1.82, 2.24) is 4.90 Å². The third-order valence-electron chi connectivity index (χ3n) is 2.49. The van der Waals surface area contributed by atoms with Crippen LogP contribution in [0.4, 0.5) is 0 Å². The lowest BCUT2D eigenvalue weighted by Gasteiger charge is -2.25. The van der Waals surface area contributed by atoms with Crippen LogP contribution in [0.3, 0.4) is 0 Å². The van der Waals surface area contributed by atoms with Crippen molar-refractivity contribution < 1.29 is 5.11 Å². The third-order valence-corrected chi connectivity index (χ3v) is 3.70. The molecule has 0 aromatic heterocycles. The summed E-state index contributed by atoms with van der Waals surface area (Å²) in [5.41, 5.74) is 1.19. The van der Waals surface area contributed by atoms with Crippen LogP contribution in [0.25, 0.3) is 0 Å². The Morgan fingerprint density at radius 3 is 2.62 bits per heavy atom. The lowest BCUT2D eigenvalue weighted by atomic mass is 10.2. The van der Waals surface area contributed by atoms with Crippen LogP contribution in [0, 0.1) is 0 Å². The van der Waals surface area contributed by atoms with Gasteiger partial charge in [-0.05, 0) is 47.5 Å². The zero-order valence-electron chi connectivity index (χ0n) is 9.58. The van der Waals surface area contributed by atoms with Gasteiger partial charge in [-0.2, -0.15) is 0 Å². The Labute approximate surface area is 110 Å². The van der Waals surface area contributed by atoms with Gasteiger partial charge < -0.3 is 5.11 Å². The summed E-state index contributed by atoms with van der Waals surface area (Å²) in [6, 6.07) is 6.34. The highest BCUT2D eigenvalue weighted by Crippen LogP contribution is 2.24. The van der Waals surface area contributed by atoms with Crippen molar-refractivity contribution in [2.45, 2.75) is 26.4 Å². The quantitative estimate of drug-likeness (QED) is 0.902. The maximum atomic E-state index is 8.99. The second-order valence-corrected chi connectivity index (χ2v) is 5.30. The molecule has 90 valence electrons. The SMILES string of the molecule is CC(C)N(CCO)Cc1ccc(Cl)c(Br)c1. The smallest absolute Gasteiger partial charge is 0.0558 e. The number of rotatable bonds is 5. The summed E-state index contributed by atoms with van der Waals surface area (Å²) in [6.45, 7) is 5.96. The van der Waals surface area contributed by atoms with E-state index in [1.165, 1.54) is 5.56 Å². The summed E-state index contributed by atoms with van der Waals surface area (Å²) < 4.78 is 0.916. The summed E-state index contributed by atoms with van der Waals surface area (Å²) in [5.74, 6) is 0. The van der Waals surface area contributed by atoms with Gasteiger partial charge in [0.15, 0.2) is 0 Å². The van der Waals surface area contributed by atoms with Crippen molar-refractivity contribution in [2.75, 3.05) is 13.2 Å². The van der Waals surface area contributed by atoms with Crippen molar-refractivity contribution in [3.63, 3.8) is 0 Å². The summed E-state index contributed by atoms with van der Waals surface area (Å²) >= 11 is 9.35. The minimum Gasteiger partial charge on any atom is -0.395 e. The monoisotopic (exact) mass is 305 g/mol. The second-order valence-electron chi connectivity index (χ2n) is 4.04. The average molecular weight is 307 g/mol. The van der Waals surface area contributed by atoms with Gasteiger partial charge >= 0.3 is 0 Å². The number of benzene rings is 1. The topological polar surface area (TPSA) is 23.5 Å². The molecule has 1 rings (SSSR count). The average Bonchev–Trinajstić information content (AvgIpc) is 2.22. The van der Waals surface area contributed by atoms with Gasteiger partial charge in [-0.25, -0.2) is 0 Å². The molecular weight excluding hydrogens is 289 g/mol. The molecule has 0 aliphatic rings. The molecule has 0 fully saturated rings. The van der Waals surface area contributed by atoms with E-state index in [0.29, 0.717) is 12.6 Å². The van der Waals surface area contributed by atoms with Gasteiger partial charge in [-0.1, -0.05) is 17.7 Å². The zero-order chi connectivity index (χ0) is 12.1. The number of halogens is 2. The van der Waals surface area contributed by atoms with E-state index in [1.807, 2.05) is 18.2 Å². The fourth-order valence-corrected chi connectivity index (χ4v) is 2.06. The standard InChI is InChI=1S/C12H17BrClNO/c1-9(2)15(5-6-16)8-10-3-4-12(14)11(13)7-10/h3-4,7,9,16H,5-6,8H2,1-2H3. The maximum Gasteiger partial charge on any atom is 0.0558 e. The summed E-state index contributed by atoms with van der Waals surface area (Å²) in [5, 5.41) is 9.71. The van der Waals surface area contributed by atoms with Gasteiger partial charge in [0, 0.05) is 23.6 Å². The van der Waals surface area contributed by atoms with Crippen LogP contribution in [-0.4, -0.2) is 29.2 Å². The molecule has 0 aliphatic carbocycles. The Morgan fingerprint density at radius 1 is 1.44 bits per heavy atom. The largest absolute Gasteiger partial charge is 0.395 e. The van der Waals surface area contributed by atoms with Crippen LogP contribution in [0.1, 0.15) is 19.4 Å². The predicted molar refractivity (Wildman–Crippen MR) is 71.8 cm³/mol. The molecule has 0 heterocycles. The highest BCUT2D eigenvalue weighted by molar-refractivity contribution is 9.10. The Morgan fingerprint density at radius 2 is 2.12 bits per heavy atom. The van der Waals surface area contributed by atoms with Gasteiger partial charge in [0.1, 0.15) is 0 Å². The van der Waals surface area contributed by atoms with Crippen molar-refractivity contribution in [1.29, 1.82) is 0 Å². The third kappa shape index (κ3) is 4.06. The molecule has 0 radical (unpaired) electrons.